The molecule has 144 valence electrons. The number of amides is 1. The van der Waals surface area contributed by atoms with Crippen LogP contribution < -0.4 is 19.5 Å². The van der Waals surface area contributed by atoms with E-state index >= 15 is 0 Å². The maximum Gasteiger partial charge on any atom is 0.342 e. The average Bonchev–Trinajstić information content (AvgIpc) is 2.67. The molecule has 0 saturated heterocycles. The molecule has 0 fully saturated rings. The molecular weight excluding hydrogens is 364 g/mol. The first-order valence-electron chi connectivity index (χ1n) is 7.62. The Morgan fingerprint density at radius 2 is 1.56 bits per heavy atom. The molecule has 27 heavy (non-hydrogen) atoms. The van der Waals surface area contributed by atoms with Gasteiger partial charge in [0, 0.05) is 0 Å². The molecule has 0 heterocycles. The molecule has 0 bridgehead atoms. The van der Waals surface area contributed by atoms with Crippen LogP contribution in [-0.2, 0) is 9.53 Å². The van der Waals surface area contributed by atoms with Crippen LogP contribution in [0.25, 0.3) is 0 Å². The molecule has 2 aromatic rings. The number of carbonyl (C=O) groups is 2. The van der Waals surface area contributed by atoms with Crippen LogP contribution in [0.3, 0.4) is 0 Å². The number of nitrogens with one attached hydrogen (secondary N) is 1. The van der Waals surface area contributed by atoms with E-state index in [1.165, 1.54) is 33.5 Å². The fourth-order valence-corrected chi connectivity index (χ4v) is 2.26. The predicted octanol–water partition coefficient (Wildman–Crippen LogP) is 2.79. The lowest BCUT2D eigenvalue weighted by molar-refractivity contribution is -0.119. The molecule has 2 aromatic carbocycles. The van der Waals surface area contributed by atoms with Gasteiger partial charge in [-0.1, -0.05) is 6.07 Å². The van der Waals surface area contributed by atoms with E-state index in [0.717, 1.165) is 18.2 Å². The molecule has 2 rings (SSSR count). The summed E-state index contributed by atoms with van der Waals surface area (Å²) in [7, 11) is 4.11. The normalized spacial score (nSPS) is 10.1. The van der Waals surface area contributed by atoms with Crippen LogP contribution >= 0.6 is 0 Å². The van der Waals surface area contributed by atoms with Gasteiger partial charge in [-0.3, -0.25) is 4.79 Å². The Morgan fingerprint density at radius 1 is 0.926 bits per heavy atom. The van der Waals surface area contributed by atoms with Gasteiger partial charge in [-0.2, -0.15) is 0 Å². The molecule has 0 aliphatic rings. The zero-order valence-electron chi connectivity index (χ0n) is 14.8. The van der Waals surface area contributed by atoms with E-state index in [-0.39, 0.29) is 17.1 Å². The lowest BCUT2D eigenvalue weighted by Crippen LogP contribution is -2.22. The summed E-state index contributed by atoms with van der Waals surface area (Å²) in [5.74, 6) is -3.13. The van der Waals surface area contributed by atoms with Gasteiger partial charge in [0.15, 0.2) is 18.1 Å². The first-order valence-corrected chi connectivity index (χ1v) is 7.62. The summed E-state index contributed by atoms with van der Waals surface area (Å²) < 4.78 is 47.4. The SMILES string of the molecule is COc1ccc(C(=O)OCC(=O)Nc2c(F)cccc2F)c(OC)c1OC. The Morgan fingerprint density at radius 3 is 2.11 bits per heavy atom. The van der Waals surface area contributed by atoms with Gasteiger partial charge in [0.05, 0.1) is 21.3 Å². The number of para-hydroxylation sites is 1. The highest BCUT2D eigenvalue weighted by molar-refractivity contribution is 5.97. The molecular formula is C18H17F2NO6. The molecule has 0 aliphatic heterocycles. The molecule has 7 nitrogen and oxygen atoms in total. The summed E-state index contributed by atoms with van der Waals surface area (Å²) in [5.41, 5.74) is -0.637. The number of anilines is 1. The molecule has 0 spiro atoms. The Labute approximate surface area is 153 Å². The average molecular weight is 381 g/mol. The molecule has 1 N–H and O–H groups in total. The number of methoxy groups -OCH3 is 3. The van der Waals surface area contributed by atoms with Crippen LogP contribution in [-0.4, -0.2) is 39.8 Å². The van der Waals surface area contributed by atoms with Gasteiger partial charge in [0.1, 0.15) is 22.9 Å². The van der Waals surface area contributed by atoms with E-state index in [1.807, 2.05) is 5.32 Å². The highest BCUT2D eigenvalue weighted by Gasteiger charge is 2.22. The Hall–Kier alpha value is -3.36. The minimum absolute atomic E-state index is 0.0139. The van der Waals surface area contributed by atoms with Crippen molar-refractivity contribution in [2.75, 3.05) is 33.3 Å². The summed E-state index contributed by atoms with van der Waals surface area (Å²) >= 11 is 0. The van der Waals surface area contributed by atoms with Gasteiger partial charge in [0.2, 0.25) is 5.75 Å². The second-order valence-electron chi connectivity index (χ2n) is 5.10. The number of halogens is 2. The molecule has 0 saturated carbocycles. The van der Waals surface area contributed by atoms with Crippen LogP contribution in [0.1, 0.15) is 10.4 Å². The van der Waals surface area contributed by atoms with E-state index in [4.69, 9.17) is 18.9 Å². The molecule has 0 radical (unpaired) electrons. The summed E-state index contributed by atoms with van der Waals surface area (Å²) in [6, 6.07) is 5.96. The van der Waals surface area contributed by atoms with Gasteiger partial charge in [-0.25, -0.2) is 13.6 Å². The van der Waals surface area contributed by atoms with E-state index < -0.39 is 35.8 Å². The smallest absolute Gasteiger partial charge is 0.342 e. The van der Waals surface area contributed by atoms with E-state index in [1.54, 1.807) is 0 Å². The molecule has 0 atom stereocenters. The van der Waals surface area contributed by atoms with Crippen LogP contribution in [0.4, 0.5) is 14.5 Å². The van der Waals surface area contributed by atoms with E-state index in [9.17, 15) is 18.4 Å². The molecule has 1 amide bonds. The Balaban J connectivity index is 2.10. The maximum atomic E-state index is 13.5. The van der Waals surface area contributed by atoms with E-state index in [2.05, 4.69) is 0 Å². The minimum atomic E-state index is -0.948. The third kappa shape index (κ3) is 4.43. The van der Waals surface area contributed by atoms with Gasteiger partial charge < -0.3 is 24.3 Å². The van der Waals surface area contributed by atoms with E-state index in [0.29, 0.717) is 5.75 Å². The van der Waals surface area contributed by atoms with Crippen LogP contribution in [0.5, 0.6) is 17.2 Å². The van der Waals surface area contributed by atoms with Crippen molar-refractivity contribution in [1.82, 2.24) is 0 Å². The number of hydrogen-bond acceptors (Lipinski definition) is 6. The fraction of sp³-hybridized carbons (Fsp3) is 0.222. The molecule has 0 aliphatic carbocycles. The molecule has 0 aromatic heterocycles. The number of rotatable bonds is 7. The zero-order chi connectivity index (χ0) is 20.0. The van der Waals surface area contributed by atoms with Crippen molar-refractivity contribution in [1.29, 1.82) is 0 Å². The van der Waals surface area contributed by atoms with Gasteiger partial charge >= 0.3 is 5.97 Å². The summed E-state index contributed by atoms with van der Waals surface area (Å²) in [5, 5.41) is 2.01. The predicted molar refractivity (Wildman–Crippen MR) is 91.4 cm³/mol. The summed E-state index contributed by atoms with van der Waals surface area (Å²) in [6.07, 6.45) is 0. The number of ether oxygens (including phenoxy) is 4. The highest BCUT2D eigenvalue weighted by Crippen LogP contribution is 2.39. The van der Waals surface area contributed by atoms with Crippen molar-refractivity contribution in [3.05, 3.63) is 47.5 Å². The van der Waals surface area contributed by atoms with Crippen LogP contribution in [0, 0.1) is 11.6 Å². The first kappa shape index (κ1) is 20.0. The Kier molecular flexibility index (Phi) is 6.53. The van der Waals surface area contributed by atoms with Gasteiger partial charge in [-0.15, -0.1) is 0 Å². The molecule has 0 unspecified atom stereocenters. The van der Waals surface area contributed by atoms with Gasteiger partial charge in [-0.05, 0) is 24.3 Å². The monoisotopic (exact) mass is 381 g/mol. The van der Waals surface area contributed by atoms with Gasteiger partial charge in [0.25, 0.3) is 5.91 Å². The number of hydrogen-bond donors (Lipinski definition) is 1. The van der Waals surface area contributed by atoms with Crippen molar-refractivity contribution in [3.63, 3.8) is 0 Å². The standard InChI is InChI=1S/C18H17F2NO6/c1-24-13-8-7-10(16(25-2)17(13)26-3)18(23)27-9-14(22)21-15-11(19)5-4-6-12(15)20/h4-8H,9H2,1-3H3,(H,21,22). The number of carbonyl (C=O) groups excluding carboxylic acids is 2. The summed E-state index contributed by atoms with van der Waals surface area (Å²) in [6.45, 7) is -0.760. The number of benzene rings is 2. The Bertz CT molecular complexity index is 836. The van der Waals surface area contributed by atoms with Crippen LogP contribution in [0.2, 0.25) is 0 Å². The molecule has 9 heteroatoms. The first-order chi connectivity index (χ1) is 12.9. The van der Waals surface area contributed by atoms with Crippen LogP contribution in [0.15, 0.2) is 30.3 Å². The third-order valence-corrected chi connectivity index (χ3v) is 3.49. The second-order valence-corrected chi connectivity index (χ2v) is 5.10. The fourth-order valence-electron chi connectivity index (χ4n) is 2.26. The van der Waals surface area contributed by atoms with Crippen molar-refractivity contribution in [2.45, 2.75) is 0 Å². The third-order valence-electron chi connectivity index (χ3n) is 3.49. The lowest BCUT2D eigenvalue weighted by atomic mass is 10.1. The topological polar surface area (TPSA) is 83.1 Å². The second kappa shape index (κ2) is 8.84. The number of esters is 1. The van der Waals surface area contributed by atoms with Crippen molar-refractivity contribution < 1.29 is 37.3 Å². The lowest BCUT2D eigenvalue weighted by Gasteiger charge is -2.15. The zero-order valence-corrected chi connectivity index (χ0v) is 14.8. The highest BCUT2D eigenvalue weighted by atomic mass is 19.1. The minimum Gasteiger partial charge on any atom is -0.493 e. The van der Waals surface area contributed by atoms with Crippen molar-refractivity contribution in [2.24, 2.45) is 0 Å². The van der Waals surface area contributed by atoms with Crippen molar-refractivity contribution >= 4 is 17.6 Å². The van der Waals surface area contributed by atoms with Crippen molar-refractivity contribution in [3.8, 4) is 17.2 Å². The summed E-state index contributed by atoms with van der Waals surface area (Å²) in [4.78, 5) is 24.1. The quantitative estimate of drug-likeness (QED) is 0.743. The maximum absolute atomic E-state index is 13.5. The largest absolute Gasteiger partial charge is 0.493 e.